The van der Waals surface area contributed by atoms with Crippen LogP contribution >= 0.6 is 0 Å². The molecule has 57 heavy (non-hydrogen) atoms. The van der Waals surface area contributed by atoms with Gasteiger partial charge in [0.15, 0.2) is 0 Å². The largest absolute Gasteiger partial charge is 0.0622 e. The Kier molecular flexibility index (Phi) is 6.78. The van der Waals surface area contributed by atoms with Crippen LogP contribution in [-0.2, 0) is 5.41 Å². The van der Waals surface area contributed by atoms with E-state index in [0.29, 0.717) is 0 Å². The predicted octanol–water partition coefficient (Wildman–Crippen LogP) is 15.9. The van der Waals surface area contributed by atoms with Gasteiger partial charge in [-0.2, -0.15) is 0 Å². The lowest BCUT2D eigenvalue weighted by Crippen LogP contribution is -2.16. The third kappa shape index (κ3) is 4.62. The van der Waals surface area contributed by atoms with Gasteiger partial charge in [-0.1, -0.05) is 190 Å². The molecule has 0 atom stereocenters. The van der Waals surface area contributed by atoms with E-state index in [-0.39, 0.29) is 5.41 Å². The summed E-state index contributed by atoms with van der Waals surface area (Å²) in [5, 5.41) is 15.5. The van der Waals surface area contributed by atoms with Gasteiger partial charge in [0.2, 0.25) is 0 Å². The van der Waals surface area contributed by atoms with E-state index in [1.54, 1.807) is 0 Å². The molecule has 0 saturated carbocycles. The van der Waals surface area contributed by atoms with E-state index in [4.69, 9.17) is 0 Å². The van der Waals surface area contributed by atoms with E-state index in [1.165, 1.54) is 120 Å². The van der Waals surface area contributed by atoms with E-state index < -0.39 is 0 Å². The molecule has 12 rings (SSSR count). The number of benzene rings is 11. The first-order chi connectivity index (χ1) is 28.0. The summed E-state index contributed by atoms with van der Waals surface area (Å²) in [5.41, 5.74) is 13.0. The average molecular weight is 723 g/mol. The van der Waals surface area contributed by atoms with E-state index in [9.17, 15) is 0 Å². The van der Waals surface area contributed by atoms with Crippen molar-refractivity contribution in [2.24, 2.45) is 0 Å². The zero-order valence-electron chi connectivity index (χ0n) is 32.0. The lowest BCUT2D eigenvalue weighted by molar-refractivity contribution is 0.672. The molecule has 1 aliphatic carbocycles. The summed E-state index contributed by atoms with van der Waals surface area (Å²) in [5.74, 6) is 0. The molecule has 0 aromatic heterocycles. The van der Waals surface area contributed by atoms with Crippen LogP contribution in [0.2, 0.25) is 0 Å². The second kappa shape index (κ2) is 12.0. The zero-order chi connectivity index (χ0) is 37.8. The molecule has 266 valence electrons. The van der Waals surface area contributed by atoms with Crippen molar-refractivity contribution in [1.82, 2.24) is 0 Å². The summed E-state index contributed by atoms with van der Waals surface area (Å²) in [6, 6.07) is 72.5. The van der Waals surface area contributed by atoms with E-state index in [1.807, 2.05) is 0 Å². The van der Waals surface area contributed by atoms with Crippen molar-refractivity contribution >= 4 is 64.6 Å². The SMILES string of the molecule is CC1(C)c2c(ccc3ccccc23)-c2c1c1ccc(-c3c4ccccc4c(-c4ccc5cc(-c6ccccc6)ccc5c4)c4ccccc34)cc1c1ccccc21. The third-order valence-corrected chi connectivity index (χ3v) is 12.9. The van der Waals surface area contributed by atoms with Gasteiger partial charge < -0.3 is 0 Å². The average Bonchev–Trinajstić information content (AvgIpc) is 3.52. The van der Waals surface area contributed by atoms with Crippen LogP contribution in [-0.4, -0.2) is 0 Å². The van der Waals surface area contributed by atoms with Crippen LogP contribution < -0.4 is 0 Å². The Labute approximate surface area is 332 Å². The first-order valence-corrected chi connectivity index (χ1v) is 20.1. The Balaban J connectivity index is 1.09. The van der Waals surface area contributed by atoms with Gasteiger partial charge in [0, 0.05) is 5.41 Å². The molecule has 11 aromatic rings. The van der Waals surface area contributed by atoms with Crippen LogP contribution in [0.5, 0.6) is 0 Å². The van der Waals surface area contributed by atoms with Crippen LogP contribution in [0.3, 0.4) is 0 Å². The van der Waals surface area contributed by atoms with E-state index in [0.717, 1.165) is 0 Å². The van der Waals surface area contributed by atoms with Gasteiger partial charge in [-0.15, -0.1) is 0 Å². The molecule has 0 unspecified atom stereocenters. The van der Waals surface area contributed by atoms with E-state index >= 15 is 0 Å². The lowest BCUT2D eigenvalue weighted by atomic mass is 9.77. The summed E-state index contributed by atoms with van der Waals surface area (Å²) in [7, 11) is 0. The summed E-state index contributed by atoms with van der Waals surface area (Å²) in [6.07, 6.45) is 0. The minimum absolute atomic E-state index is 0.167. The zero-order valence-corrected chi connectivity index (χ0v) is 32.0. The Morgan fingerprint density at radius 3 is 1.39 bits per heavy atom. The summed E-state index contributed by atoms with van der Waals surface area (Å²) < 4.78 is 0. The fourth-order valence-electron chi connectivity index (χ4n) is 10.5. The first-order valence-electron chi connectivity index (χ1n) is 20.1. The van der Waals surface area contributed by atoms with Crippen LogP contribution in [0.1, 0.15) is 25.0 Å². The molecule has 0 heterocycles. The van der Waals surface area contributed by atoms with Crippen molar-refractivity contribution in [3.8, 4) is 44.5 Å². The molecule has 0 fully saturated rings. The topological polar surface area (TPSA) is 0 Å². The van der Waals surface area contributed by atoms with Crippen molar-refractivity contribution in [2.45, 2.75) is 19.3 Å². The highest BCUT2D eigenvalue weighted by molar-refractivity contribution is 6.24. The van der Waals surface area contributed by atoms with Gasteiger partial charge in [0.25, 0.3) is 0 Å². The van der Waals surface area contributed by atoms with Gasteiger partial charge in [0.05, 0.1) is 0 Å². The van der Waals surface area contributed by atoms with Gasteiger partial charge in [0.1, 0.15) is 0 Å². The van der Waals surface area contributed by atoms with Crippen molar-refractivity contribution in [3.63, 3.8) is 0 Å². The molecule has 0 saturated heterocycles. The van der Waals surface area contributed by atoms with Gasteiger partial charge in [-0.05, 0) is 138 Å². The van der Waals surface area contributed by atoms with Crippen LogP contribution in [0.4, 0.5) is 0 Å². The molecule has 0 nitrogen and oxygen atoms in total. The molecule has 0 N–H and O–H groups in total. The monoisotopic (exact) mass is 722 g/mol. The van der Waals surface area contributed by atoms with Gasteiger partial charge in [-0.25, -0.2) is 0 Å². The number of hydrogen-bond acceptors (Lipinski definition) is 0. The predicted molar refractivity (Wildman–Crippen MR) is 245 cm³/mol. The van der Waals surface area contributed by atoms with Crippen LogP contribution in [0, 0.1) is 0 Å². The van der Waals surface area contributed by atoms with Crippen molar-refractivity contribution < 1.29 is 0 Å². The van der Waals surface area contributed by atoms with Crippen LogP contribution in [0.25, 0.3) is 109 Å². The number of hydrogen-bond donors (Lipinski definition) is 0. The minimum Gasteiger partial charge on any atom is -0.0622 e. The maximum atomic E-state index is 2.49. The van der Waals surface area contributed by atoms with Gasteiger partial charge >= 0.3 is 0 Å². The molecule has 0 bridgehead atoms. The molecular formula is C57H38. The van der Waals surface area contributed by atoms with Gasteiger partial charge in [-0.3, -0.25) is 0 Å². The number of rotatable bonds is 3. The third-order valence-electron chi connectivity index (χ3n) is 12.9. The fraction of sp³-hybridized carbons (Fsp3) is 0.0526. The maximum absolute atomic E-state index is 2.49. The van der Waals surface area contributed by atoms with Crippen LogP contribution in [0.15, 0.2) is 194 Å². The van der Waals surface area contributed by atoms with Crippen molar-refractivity contribution in [1.29, 1.82) is 0 Å². The number of fused-ring (bicyclic) bond motifs is 13. The van der Waals surface area contributed by atoms with E-state index in [2.05, 4.69) is 208 Å². The summed E-state index contributed by atoms with van der Waals surface area (Å²) in [4.78, 5) is 0. The molecule has 0 amide bonds. The molecule has 0 aliphatic heterocycles. The highest BCUT2D eigenvalue weighted by atomic mass is 14.4. The normalized spacial score (nSPS) is 13.2. The Hall–Kier alpha value is -7.02. The highest BCUT2D eigenvalue weighted by Gasteiger charge is 2.39. The Morgan fingerprint density at radius 1 is 0.263 bits per heavy atom. The second-order valence-electron chi connectivity index (χ2n) is 16.4. The Morgan fingerprint density at radius 2 is 0.737 bits per heavy atom. The standard InChI is InChI=1S/C57H38/c1-57(2)55-42-17-7-6-16-36(42)28-31-50(55)54-44-19-9-8-18-43(44)51-34-41(29-30-49(51)56(54)57)53-47-22-12-10-20-45(47)52(46-21-11-13-23-48(46)53)40-27-26-38-32-37(24-25-39(38)33-40)35-14-4-3-5-15-35/h3-34H,1-2H3. The molecule has 11 aromatic carbocycles. The fourth-order valence-corrected chi connectivity index (χ4v) is 10.5. The smallest absolute Gasteiger partial charge is 0.0171 e. The highest BCUT2D eigenvalue weighted by Crippen LogP contribution is 2.57. The molecule has 0 heteroatoms. The first kappa shape index (κ1) is 32.2. The lowest BCUT2D eigenvalue weighted by Gasteiger charge is -2.25. The molecular weight excluding hydrogens is 685 g/mol. The minimum atomic E-state index is -0.167. The molecule has 0 spiro atoms. The van der Waals surface area contributed by atoms with Crippen molar-refractivity contribution in [3.05, 3.63) is 205 Å². The molecule has 1 aliphatic rings. The molecule has 0 radical (unpaired) electrons. The Bertz CT molecular complexity index is 3420. The quantitative estimate of drug-likeness (QED) is 0.126. The summed E-state index contributed by atoms with van der Waals surface area (Å²) in [6.45, 7) is 4.86. The van der Waals surface area contributed by atoms with Crippen molar-refractivity contribution in [2.75, 3.05) is 0 Å². The summed E-state index contributed by atoms with van der Waals surface area (Å²) >= 11 is 0. The second-order valence-corrected chi connectivity index (χ2v) is 16.4. The maximum Gasteiger partial charge on any atom is 0.0171 e.